The minimum absolute atomic E-state index is 0.963. The summed E-state index contributed by atoms with van der Waals surface area (Å²) in [6, 6.07) is 0. The minimum atomic E-state index is -1.68. The van der Waals surface area contributed by atoms with Gasteiger partial charge < -0.3 is 0 Å². The van der Waals surface area contributed by atoms with Crippen LogP contribution in [-0.4, -0.2) is 59.9 Å². The third-order valence-electron chi connectivity index (χ3n) is 5.37. The van der Waals surface area contributed by atoms with Gasteiger partial charge in [0, 0.05) is 39.3 Å². The van der Waals surface area contributed by atoms with E-state index in [9.17, 15) is 0 Å². The molecule has 0 N–H and O–H groups in total. The average molecular weight is 328 g/mol. The van der Waals surface area contributed by atoms with Crippen LogP contribution in [-0.2, 0) is 4.52 Å². The third-order valence-corrected chi connectivity index (χ3v) is 9.30. The molecular weight excluding hydrogens is 293 g/mol. The number of hydrogen-bond donors (Lipinski definition) is 0. The van der Waals surface area contributed by atoms with Crippen LogP contribution < -0.4 is 0 Å². The van der Waals surface area contributed by atoms with Crippen LogP contribution in [0.15, 0.2) is 0 Å². The van der Waals surface area contributed by atoms with Crippen molar-refractivity contribution >= 4 is 7.94 Å². The zero-order valence-corrected chi connectivity index (χ0v) is 15.4. The largest absolute Gasteiger partial charge is 0.371 e. The Bertz CT molecular complexity index is 283. The maximum Gasteiger partial charge on any atom is 0.371 e. The Balaban J connectivity index is 1.78. The lowest BCUT2D eigenvalue weighted by atomic mass is 10.3. The van der Waals surface area contributed by atoms with E-state index in [1.807, 2.05) is 0 Å². The van der Waals surface area contributed by atoms with Crippen molar-refractivity contribution in [3.05, 3.63) is 0 Å². The van der Waals surface area contributed by atoms with E-state index >= 15 is 0 Å². The van der Waals surface area contributed by atoms with Gasteiger partial charge in [0.15, 0.2) is 0 Å². The first-order valence-electron chi connectivity index (χ1n) is 9.68. The molecule has 3 aliphatic heterocycles. The van der Waals surface area contributed by atoms with Crippen molar-refractivity contribution in [2.75, 3.05) is 45.9 Å². The minimum Gasteiger partial charge on any atom is -0.181 e. The van der Waals surface area contributed by atoms with E-state index in [0.717, 1.165) is 6.61 Å². The number of hydrogen-bond acceptors (Lipinski definition) is 4. The second-order valence-electron chi connectivity index (χ2n) is 7.04. The van der Waals surface area contributed by atoms with E-state index in [-0.39, 0.29) is 0 Å². The first kappa shape index (κ1) is 17.1. The summed E-state index contributed by atoms with van der Waals surface area (Å²) >= 11 is 0. The van der Waals surface area contributed by atoms with E-state index in [2.05, 4.69) is 20.9 Å². The molecule has 4 nitrogen and oxygen atoms in total. The second kappa shape index (κ2) is 8.39. The quantitative estimate of drug-likeness (QED) is 0.492. The highest BCUT2D eigenvalue weighted by Crippen LogP contribution is 2.70. The summed E-state index contributed by atoms with van der Waals surface area (Å²) in [4.78, 5) is 0. The molecule has 0 radical (unpaired) electrons. The van der Waals surface area contributed by atoms with Gasteiger partial charge in [0.1, 0.15) is 0 Å². The Morgan fingerprint density at radius 3 is 1.45 bits per heavy atom. The van der Waals surface area contributed by atoms with E-state index in [1.165, 1.54) is 97.1 Å². The van der Waals surface area contributed by atoms with E-state index < -0.39 is 7.94 Å². The third kappa shape index (κ3) is 3.52. The van der Waals surface area contributed by atoms with Gasteiger partial charge in [-0.3, -0.25) is 0 Å². The predicted molar refractivity (Wildman–Crippen MR) is 94.8 cm³/mol. The van der Waals surface area contributed by atoms with Crippen molar-refractivity contribution in [1.29, 1.82) is 0 Å². The molecule has 0 atom stereocenters. The highest BCUT2D eigenvalue weighted by molar-refractivity contribution is 7.64. The molecule has 0 aromatic heterocycles. The molecule has 0 unspecified atom stereocenters. The first-order chi connectivity index (χ1) is 10.9. The van der Waals surface area contributed by atoms with Gasteiger partial charge in [0.05, 0.1) is 6.61 Å². The van der Waals surface area contributed by atoms with Crippen LogP contribution in [0.1, 0.15) is 64.7 Å². The van der Waals surface area contributed by atoms with Gasteiger partial charge in [-0.2, -0.15) is 4.52 Å². The molecule has 0 spiro atoms. The molecule has 128 valence electrons. The number of nitrogens with zero attached hydrogens (tertiary/aromatic N) is 3. The highest BCUT2D eigenvalue weighted by Gasteiger charge is 2.60. The monoisotopic (exact) mass is 328 g/mol. The van der Waals surface area contributed by atoms with Crippen LogP contribution in [0, 0.1) is 0 Å². The Hall–Kier alpha value is 0.270. The van der Waals surface area contributed by atoms with Gasteiger partial charge in [-0.1, -0.05) is 19.8 Å². The van der Waals surface area contributed by atoms with Gasteiger partial charge in [0.25, 0.3) is 0 Å². The van der Waals surface area contributed by atoms with Crippen molar-refractivity contribution in [3.8, 4) is 0 Å². The molecule has 0 aliphatic carbocycles. The molecule has 22 heavy (non-hydrogen) atoms. The predicted octanol–water partition coefficient (Wildman–Crippen LogP) is 4.16. The lowest BCUT2D eigenvalue weighted by Crippen LogP contribution is -2.44. The zero-order chi connectivity index (χ0) is 15.3. The van der Waals surface area contributed by atoms with Crippen molar-refractivity contribution in [3.63, 3.8) is 0 Å². The summed E-state index contributed by atoms with van der Waals surface area (Å²) in [5.41, 5.74) is 0. The van der Waals surface area contributed by atoms with Gasteiger partial charge >= 0.3 is 7.94 Å². The van der Waals surface area contributed by atoms with Crippen LogP contribution >= 0.6 is 7.94 Å². The van der Waals surface area contributed by atoms with Gasteiger partial charge in [-0.05, 0) is 44.9 Å². The molecule has 0 saturated carbocycles. The number of rotatable bonds is 8. The fraction of sp³-hybridized carbons (Fsp3) is 1.00. The second-order valence-corrected chi connectivity index (χ2v) is 10.0. The van der Waals surface area contributed by atoms with Crippen LogP contribution in [0.25, 0.3) is 0 Å². The Morgan fingerprint density at radius 1 is 0.682 bits per heavy atom. The normalized spacial score (nSPS) is 25.5. The average Bonchev–Trinajstić information content (AvgIpc) is 3.29. The maximum atomic E-state index is 6.87. The summed E-state index contributed by atoms with van der Waals surface area (Å²) in [5, 5.41) is 0. The molecule has 5 heteroatoms. The summed E-state index contributed by atoms with van der Waals surface area (Å²) in [7, 11) is -1.68. The molecule has 3 saturated heterocycles. The van der Waals surface area contributed by atoms with E-state index in [1.54, 1.807) is 0 Å². The molecule has 0 amide bonds. The molecule has 3 aliphatic rings. The van der Waals surface area contributed by atoms with Gasteiger partial charge in [0.2, 0.25) is 0 Å². The van der Waals surface area contributed by atoms with Crippen LogP contribution in [0.5, 0.6) is 0 Å². The van der Waals surface area contributed by atoms with Crippen LogP contribution in [0.2, 0.25) is 0 Å². The molecule has 3 heterocycles. The molecular formula is C17H35N3OP+. The van der Waals surface area contributed by atoms with E-state index in [4.69, 9.17) is 4.52 Å². The Kier molecular flexibility index (Phi) is 6.52. The lowest BCUT2D eigenvalue weighted by molar-refractivity contribution is 0.206. The molecule has 0 aromatic rings. The van der Waals surface area contributed by atoms with Gasteiger partial charge in [-0.15, -0.1) is 14.0 Å². The first-order valence-corrected chi connectivity index (χ1v) is 11.2. The Labute approximate surface area is 137 Å². The van der Waals surface area contributed by atoms with Crippen molar-refractivity contribution in [2.24, 2.45) is 0 Å². The van der Waals surface area contributed by atoms with Crippen LogP contribution in [0.4, 0.5) is 0 Å². The zero-order valence-electron chi connectivity index (χ0n) is 14.5. The van der Waals surface area contributed by atoms with Gasteiger partial charge in [-0.25, -0.2) is 0 Å². The van der Waals surface area contributed by atoms with Crippen LogP contribution in [0.3, 0.4) is 0 Å². The molecule has 0 aromatic carbocycles. The smallest absolute Gasteiger partial charge is 0.181 e. The fourth-order valence-corrected chi connectivity index (χ4v) is 8.55. The molecule has 0 bridgehead atoms. The summed E-state index contributed by atoms with van der Waals surface area (Å²) in [5.74, 6) is 0. The van der Waals surface area contributed by atoms with Crippen molar-refractivity contribution in [1.82, 2.24) is 14.0 Å². The fourth-order valence-electron chi connectivity index (χ4n) is 4.20. The van der Waals surface area contributed by atoms with Crippen molar-refractivity contribution in [2.45, 2.75) is 64.7 Å². The topological polar surface area (TPSA) is 19.0 Å². The standard InChI is InChI=1S/C17H35N3OP/c1-2-3-10-17-21-22(18-11-4-5-12-18,19-13-6-7-14-19)20-15-8-9-16-20/h2-17H2,1H3/q+1. The molecule has 3 rings (SSSR count). The molecule has 3 fully saturated rings. The summed E-state index contributed by atoms with van der Waals surface area (Å²) in [6.07, 6.45) is 12.0. The maximum absolute atomic E-state index is 6.87. The number of unbranched alkanes of at least 4 members (excludes halogenated alkanes) is 2. The summed E-state index contributed by atoms with van der Waals surface area (Å²) in [6.45, 7) is 10.8. The van der Waals surface area contributed by atoms with E-state index in [0.29, 0.717) is 0 Å². The lowest BCUT2D eigenvalue weighted by Gasteiger charge is -2.41. The Morgan fingerprint density at radius 2 is 1.09 bits per heavy atom. The summed E-state index contributed by atoms with van der Waals surface area (Å²) < 4.78 is 15.2. The van der Waals surface area contributed by atoms with Crippen molar-refractivity contribution < 1.29 is 4.52 Å². The SMILES string of the molecule is CCCCCO[P+](N1CCCC1)(N1CCCC1)N1CCCC1. The highest BCUT2D eigenvalue weighted by atomic mass is 31.2.